The van der Waals surface area contributed by atoms with Gasteiger partial charge in [0.25, 0.3) is 0 Å². The van der Waals surface area contributed by atoms with Crippen molar-refractivity contribution in [2.24, 2.45) is 0 Å². The number of hydrogen-bond acceptors (Lipinski definition) is 9. The molecule has 0 aliphatic carbocycles. The van der Waals surface area contributed by atoms with Crippen molar-refractivity contribution in [3.05, 3.63) is 60.3 Å². The molecule has 1 aromatic heterocycles. The Morgan fingerprint density at radius 2 is 2.00 bits per heavy atom. The van der Waals surface area contributed by atoms with E-state index in [0.29, 0.717) is 34.4 Å². The molecule has 3 aromatic rings. The molecular weight excluding hydrogens is 496 g/mol. The second-order valence-corrected chi connectivity index (χ2v) is 8.71. The SMILES string of the molecule is C=CC(=O)Nc1cc(OC)ccc1Nc1nc(Nc2ccc(N3CCCC3CO)cc2OC)ncc1Cl. The van der Waals surface area contributed by atoms with E-state index < -0.39 is 0 Å². The van der Waals surface area contributed by atoms with E-state index in [-0.39, 0.29) is 29.5 Å². The summed E-state index contributed by atoms with van der Waals surface area (Å²) in [6.07, 6.45) is 4.65. The Bertz CT molecular complexity index is 1290. The van der Waals surface area contributed by atoms with E-state index in [0.717, 1.165) is 25.1 Å². The highest BCUT2D eigenvalue weighted by Crippen LogP contribution is 2.36. The van der Waals surface area contributed by atoms with E-state index in [4.69, 9.17) is 21.1 Å². The van der Waals surface area contributed by atoms with Gasteiger partial charge in [0.05, 0.1) is 50.1 Å². The molecule has 4 rings (SSSR count). The van der Waals surface area contributed by atoms with Gasteiger partial charge in [0.1, 0.15) is 16.5 Å². The molecule has 37 heavy (non-hydrogen) atoms. The molecule has 1 unspecified atom stereocenters. The minimum Gasteiger partial charge on any atom is -0.497 e. The van der Waals surface area contributed by atoms with E-state index >= 15 is 0 Å². The highest BCUT2D eigenvalue weighted by molar-refractivity contribution is 6.33. The van der Waals surface area contributed by atoms with E-state index in [1.807, 2.05) is 18.2 Å². The molecule has 1 aliphatic rings. The third-order valence-corrected chi connectivity index (χ3v) is 6.29. The Kier molecular flexibility index (Phi) is 8.32. The number of anilines is 6. The lowest BCUT2D eigenvalue weighted by Gasteiger charge is -2.26. The van der Waals surface area contributed by atoms with Gasteiger partial charge in [-0.3, -0.25) is 4.79 Å². The largest absolute Gasteiger partial charge is 0.497 e. The second kappa shape index (κ2) is 11.8. The standard InChI is InChI=1S/C26H29ClN6O4/c1-4-24(35)29-22-13-18(36-2)8-10-20(22)30-25-19(27)14-28-26(32-25)31-21-9-7-16(12-23(21)37-3)33-11-5-6-17(33)15-34/h4,7-10,12-14,17,34H,1,5-6,11,15H2,2-3H3,(H,29,35)(H2,28,30,31,32). The first-order valence-corrected chi connectivity index (χ1v) is 12.1. The summed E-state index contributed by atoms with van der Waals surface area (Å²) in [4.78, 5) is 22.9. The van der Waals surface area contributed by atoms with Crippen molar-refractivity contribution in [3.8, 4) is 11.5 Å². The number of ether oxygens (including phenoxy) is 2. The monoisotopic (exact) mass is 524 g/mol. The maximum atomic E-state index is 11.9. The van der Waals surface area contributed by atoms with Gasteiger partial charge in [-0.15, -0.1) is 0 Å². The third-order valence-electron chi connectivity index (χ3n) is 6.02. The summed E-state index contributed by atoms with van der Waals surface area (Å²) in [5, 5.41) is 19.0. The number of rotatable bonds is 10. The zero-order valence-corrected chi connectivity index (χ0v) is 21.4. The number of aliphatic hydroxyl groups excluding tert-OH is 1. The number of aromatic nitrogens is 2. The Morgan fingerprint density at radius 1 is 1.19 bits per heavy atom. The Balaban J connectivity index is 1.58. The van der Waals surface area contributed by atoms with Crippen LogP contribution in [0.15, 0.2) is 55.3 Å². The normalized spacial score (nSPS) is 14.7. The van der Waals surface area contributed by atoms with Crippen LogP contribution >= 0.6 is 11.6 Å². The van der Waals surface area contributed by atoms with Crippen LogP contribution < -0.4 is 30.3 Å². The smallest absolute Gasteiger partial charge is 0.247 e. The topological polar surface area (TPSA) is 121 Å². The number of carbonyl (C=O) groups excluding carboxylic acids is 1. The van der Waals surface area contributed by atoms with Gasteiger partial charge in [0.2, 0.25) is 11.9 Å². The van der Waals surface area contributed by atoms with Gasteiger partial charge in [-0.25, -0.2) is 4.98 Å². The first-order chi connectivity index (χ1) is 17.9. The molecule has 1 aliphatic heterocycles. The van der Waals surface area contributed by atoms with Gasteiger partial charge >= 0.3 is 0 Å². The molecule has 10 nitrogen and oxygen atoms in total. The molecule has 2 aromatic carbocycles. The van der Waals surface area contributed by atoms with Crippen molar-refractivity contribution in [3.63, 3.8) is 0 Å². The number of amides is 1. The van der Waals surface area contributed by atoms with Crippen LogP contribution in [0.3, 0.4) is 0 Å². The van der Waals surface area contributed by atoms with Gasteiger partial charge in [-0.1, -0.05) is 18.2 Å². The lowest BCUT2D eigenvalue weighted by Crippen LogP contribution is -2.31. The number of carbonyl (C=O) groups is 1. The van der Waals surface area contributed by atoms with Crippen molar-refractivity contribution in [1.29, 1.82) is 0 Å². The number of methoxy groups -OCH3 is 2. The highest BCUT2D eigenvalue weighted by Gasteiger charge is 2.24. The van der Waals surface area contributed by atoms with Gasteiger partial charge in [0, 0.05) is 24.4 Å². The van der Waals surface area contributed by atoms with E-state index in [1.54, 1.807) is 25.3 Å². The molecule has 4 N–H and O–H groups in total. The van der Waals surface area contributed by atoms with Gasteiger partial charge in [0.15, 0.2) is 5.82 Å². The van der Waals surface area contributed by atoms with Gasteiger partial charge in [-0.2, -0.15) is 4.98 Å². The fourth-order valence-corrected chi connectivity index (χ4v) is 4.28. The Hall–Kier alpha value is -4.02. The average Bonchev–Trinajstić information content (AvgIpc) is 3.40. The molecule has 0 radical (unpaired) electrons. The molecule has 1 fully saturated rings. The molecule has 1 saturated heterocycles. The summed E-state index contributed by atoms with van der Waals surface area (Å²) in [5.74, 6) is 1.42. The summed E-state index contributed by atoms with van der Waals surface area (Å²) in [6, 6.07) is 11.1. The molecule has 1 atom stereocenters. The first-order valence-electron chi connectivity index (χ1n) is 11.7. The minimum absolute atomic E-state index is 0.107. The number of nitrogens with zero attached hydrogens (tertiary/aromatic N) is 3. The van der Waals surface area contributed by atoms with Crippen LogP contribution in [0, 0.1) is 0 Å². The van der Waals surface area contributed by atoms with Crippen LogP contribution in [0.5, 0.6) is 11.5 Å². The zero-order valence-electron chi connectivity index (χ0n) is 20.6. The van der Waals surface area contributed by atoms with Crippen molar-refractivity contribution >= 4 is 52.0 Å². The third kappa shape index (κ3) is 6.04. The Morgan fingerprint density at radius 3 is 2.73 bits per heavy atom. The fourth-order valence-electron chi connectivity index (χ4n) is 4.14. The Labute approximate surface area is 220 Å². The quantitative estimate of drug-likeness (QED) is 0.279. The van der Waals surface area contributed by atoms with Gasteiger partial charge in [-0.05, 0) is 43.2 Å². The molecule has 0 bridgehead atoms. The number of benzene rings is 2. The van der Waals surface area contributed by atoms with E-state index in [1.165, 1.54) is 19.4 Å². The molecule has 2 heterocycles. The average molecular weight is 525 g/mol. The molecule has 1 amide bonds. The number of aliphatic hydroxyl groups is 1. The summed E-state index contributed by atoms with van der Waals surface area (Å²) in [7, 11) is 3.13. The minimum atomic E-state index is -0.373. The molecule has 194 valence electrons. The van der Waals surface area contributed by atoms with Crippen molar-refractivity contribution in [1.82, 2.24) is 9.97 Å². The van der Waals surface area contributed by atoms with Gasteiger partial charge < -0.3 is 35.4 Å². The molecule has 0 saturated carbocycles. The van der Waals surface area contributed by atoms with Crippen LogP contribution in [-0.2, 0) is 4.79 Å². The van der Waals surface area contributed by atoms with Crippen LogP contribution in [0.1, 0.15) is 12.8 Å². The summed E-state index contributed by atoms with van der Waals surface area (Å²) in [5.41, 5.74) is 2.66. The van der Waals surface area contributed by atoms with Crippen molar-refractivity contribution < 1.29 is 19.4 Å². The highest BCUT2D eigenvalue weighted by atomic mass is 35.5. The second-order valence-electron chi connectivity index (χ2n) is 8.30. The maximum Gasteiger partial charge on any atom is 0.247 e. The van der Waals surface area contributed by atoms with Crippen molar-refractivity contribution in [2.75, 3.05) is 48.2 Å². The van der Waals surface area contributed by atoms with Crippen LogP contribution in [0.4, 0.5) is 34.5 Å². The number of nitrogens with one attached hydrogen (secondary N) is 3. The molecule has 0 spiro atoms. The predicted molar refractivity (Wildman–Crippen MR) is 146 cm³/mol. The summed E-state index contributed by atoms with van der Waals surface area (Å²) < 4.78 is 10.9. The fraction of sp³-hybridized carbons (Fsp3) is 0.269. The van der Waals surface area contributed by atoms with Crippen LogP contribution in [0.25, 0.3) is 0 Å². The zero-order chi connectivity index (χ0) is 26.4. The maximum absolute atomic E-state index is 11.9. The van der Waals surface area contributed by atoms with Crippen LogP contribution in [0.2, 0.25) is 5.02 Å². The van der Waals surface area contributed by atoms with Crippen LogP contribution in [-0.4, -0.2) is 54.4 Å². The summed E-state index contributed by atoms with van der Waals surface area (Å²) >= 11 is 6.38. The molecule has 11 heteroatoms. The predicted octanol–water partition coefficient (Wildman–Crippen LogP) is 4.72. The first kappa shape index (κ1) is 26.1. The van der Waals surface area contributed by atoms with E-state index in [2.05, 4.69) is 37.4 Å². The van der Waals surface area contributed by atoms with E-state index in [9.17, 15) is 9.90 Å². The molecular formula is C26H29ClN6O4. The lowest BCUT2D eigenvalue weighted by atomic mass is 10.2. The number of halogens is 1. The lowest BCUT2D eigenvalue weighted by molar-refractivity contribution is -0.111. The van der Waals surface area contributed by atoms with Crippen molar-refractivity contribution in [2.45, 2.75) is 18.9 Å². The number of hydrogen-bond donors (Lipinski definition) is 4. The summed E-state index contributed by atoms with van der Waals surface area (Å²) in [6.45, 7) is 4.49.